The highest BCUT2D eigenvalue weighted by atomic mass is 32.2. The number of sulfone groups is 1. The van der Waals surface area contributed by atoms with Gasteiger partial charge in [0.15, 0.2) is 9.84 Å². The lowest BCUT2D eigenvalue weighted by Crippen LogP contribution is -2.55. The molecule has 1 saturated heterocycles. The van der Waals surface area contributed by atoms with Crippen molar-refractivity contribution >= 4 is 15.8 Å². The number of methoxy groups -OCH3 is 1. The Balaban J connectivity index is 2.66. The monoisotopic (exact) mass is 292 g/mol. The average Bonchev–Trinajstić information content (AvgIpc) is 2.29. The summed E-state index contributed by atoms with van der Waals surface area (Å²) in [5.74, 6) is 0.00416. The first-order chi connectivity index (χ1) is 8.75. The number of carbonyl (C=O) groups excluding carboxylic acids is 1. The van der Waals surface area contributed by atoms with Gasteiger partial charge in [-0.3, -0.25) is 9.69 Å². The van der Waals surface area contributed by atoms with Crippen molar-refractivity contribution in [2.75, 3.05) is 31.7 Å². The molecule has 2 unspecified atom stereocenters. The molecule has 0 aromatic rings. The van der Waals surface area contributed by atoms with Crippen molar-refractivity contribution in [3.05, 3.63) is 0 Å². The minimum atomic E-state index is -2.93. The lowest BCUT2D eigenvalue weighted by atomic mass is 10.2. The van der Waals surface area contributed by atoms with Gasteiger partial charge < -0.3 is 10.1 Å². The number of rotatable bonds is 5. The summed E-state index contributed by atoms with van der Waals surface area (Å²) in [5.41, 5.74) is 0. The summed E-state index contributed by atoms with van der Waals surface area (Å²) in [4.78, 5) is 13.8. The maximum absolute atomic E-state index is 11.7. The van der Waals surface area contributed by atoms with Gasteiger partial charge >= 0.3 is 5.97 Å². The zero-order valence-electron chi connectivity index (χ0n) is 12.0. The van der Waals surface area contributed by atoms with Crippen molar-refractivity contribution < 1.29 is 17.9 Å². The number of carbonyl (C=O) groups is 1. The Morgan fingerprint density at radius 1 is 1.47 bits per heavy atom. The van der Waals surface area contributed by atoms with Crippen molar-refractivity contribution in [1.29, 1.82) is 0 Å². The van der Waals surface area contributed by atoms with Crippen LogP contribution in [0.25, 0.3) is 0 Å². The van der Waals surface area contributed by atoms with Crippen LogP contribution in [0.2, 0.25) is 0 Å². The molecular weight excluding hydrogens is 268 g/mol. The van der Waals surface area contributed by atoms with E-state index in [9.17, 15) is 13.2 Å². The second kappa shape index (κ2) is 6.67. The largest absolute Gasteiger partial charge is 0.468 e. The summed E-state index contributed by atoms with van der Waals surface area (Å²) < 4.78 is 27.8. The van der Waals surface area contributed by atoms with E-state index in [1.807, 2.05) is 25.7 Å². The molecule has 1 heterocycles. The molecule has 0 aliphatic carbocycles. The van der Waals surface area contributed by atoms with E-state index < -0.39 is 15.9 Å². The van der Waals surface area contributed by atoms with Crippen LogP contribution in [0.5, 0.6) is 0 Å². The van der Waals surface area contributed by atoms with Crippen molar-refractivity contribution in [2.24, 2.45) is 0 Å². The van der Waals surface area contributed by atoms with E-state index in [2.05, 4.69) is 5.32 Å². The van der Waals surface area contributed by atoms with E-state index in [4.69, 9.17) is 4.74 Å². The molecule has 1 aliphatic heterocycles. The average molecular weight is 292 g/mol. The lowest BCUT2D eigenvalue weighted by Gasteiger charge is -2.35. The van der Waals surface area contributed by atoms with E-state index in [0.29, 0.717) is 13.1 Å². The minimum absolute atomic E-state index is 0.0696. The number of nitrogens with one attached hydrogen (secondary N) is 1. The molecule has 1 rings (SSSR count). The summed E-state index contributed by atoms with van der Waals surface area (Å²) >= 11 is 0. The van der Waals surface area contributed by atoms with Gasteiger partial charge in [-0.2, -0.15) is 0 Å². The maximum Gasteiger partial charge on any atom is 0.324 e. The van der Waals surface area contributed by atoms with Gasteiger partial charge in [0.05, 0.1) is 18.6 Å². The highest BCUT2D eigenvalue weighted by molar-refractivity contribution is 7.91. The number of hydrogen-bond acceptors (Lipinski definition) is 6. The number of hydrogen-bond donors (Lipinski definition) is 1. The van der Waals surface area contributed by atoms with E-state index in [0.717, 1.165) is 0 Å². The van der Waals surface area contributed by atoms with Crippen LogP contribution in [0.1, 0.15) is 20.8 Å². The molecule has 1 aliphatic rings. The molecule has 1 N–H and O–H groups in total. The molecule has 0 aromatic carbocycles. The molecule has 6 nitrogen and oxygen atoms in total. The van der Waals surface area contributed by atoms with Gasteiger partial charge in [-0.15, -0.1) is 0 Å². The second-order valence-corrected chi connectivity index (χ2v) is 7.58. The van der Waals surface area contributed by atoms with Gasteiger partial charge in [0.2, 0.25) is 0 Å². The first kappa shape index (κ1) is 16.4. The van der Waals surface area contributed by atoms with Crippen LogP contribution < -0.4 is 5.32 Å². The Bertz CT molecular complexity index is 408. The topological polar surface area (TPSA) is 75.7 Å². The van der Waals surface area contributed by atoms with Crippen molar-refractivity contribution in [1.82, 2.24) is 10.2 Å². The van der Waals surface area contributed by atoms with E-state index in [1.54, 1.807) is 0 Å². The predicted molar refractivity (Wildman–Crippen MR) is 73.8 cm³/mol. The molecule has 7 heteroatoms. The van der Waals surface area contributed by atoms with E-state index in [1.165, 1.54) is 7.11 Å². The zero-order valence-corrected chi connectivity index (χ0v) is 12.9. The van der Waals surface area contributed by atoms with Gasteiger partial charge in [0.25, 0.3) is 0 Å². The number of esters is 1. The van der Waals surface area contributed by atoms with Gasteiger partial charge in [0, 0.05) is 25.2 Å². The molecule has 2 atom stereocenters. The van der Waals surface area contributed by atoms with Crippen LogP contribution in [0, 0.1) is 0 Å². The highest BCUT2D eigenvalue weighted by Crippen LogP contribution is 2.12. The van der Waals surface area contributed by atoms with Gasteiger partial charge in [-0.05, 0) is 6.92 Å². The second-order valence-electron chi connectivity index (χ2n) is 5.36. The van der Waals surface area contributed by atoms with E-state index in [-0.39, 0.29) is 29.6 Å². The predicted octanol–water partition coefficient (Wildman–Crippen LogP) is -0.355. The molecule has 0 saturated carbocycles. The Hall–Kier alpha value is -0.660. The summed E-state index contributed by atoms with van der Waals surface area (Å²) in [6.45, 7) is 6.73. The Morgan fingerprint density at radius 2 is 2.11 bits per heavy atom. The Labute approximate surface area is 115 Å². The maximum atomic E-state index is 11.7. The van der Waals surface area contributed by atoms with Crippen molar-refractivity contribution in [3.8, 4) is 0 Å². The Morgan fingerprint density at radius 3 is 2.58 bits per heavy atom. The standard InChI is InChI=1S/C12H24N2O4S/c1-9(2)13-11(12(15)18-4)7-14-5-6-19(16,17)8-10(14)3/h9-11,13H,5-8H2,1-4H3. The van der Waals surface area contributed by atoms with Crippen LogP contribution in [-0.2, 0) is 19.4 Å². The molecule has 0 aromatic heterocycles. The molecule has 0 spiro atoms. The highest BCUT2D eigenvalue weighted by Gasteiger charge is 2.31. The number of ether oxygens (including phenoxy) is 1. The third-order valence-corrected chi connectivity index (χ3v) is 5.04. The third-order valence-electron chi connectivity index (χ3n) is 3.25. The lowest BCUT2D eigenvalue weighted by molar-refractivity contribution is -0.144. The van der Waals surface area contributed by atoms with Gasteiger partial charge in [0.1, 0.15) is 6.04 Å². The van der Waals surface area contributed by atoms with Crippen LogP contribution in [-0.4, -0.2) is 69.1 Å². The fourth-order valence-electron chi connectivity index (χ4n) is 2.28. The Kier molecular flexibility index (Phi) is 5.76. The summed E-state index contributed by atoms with van der Waals surface area (Å²) in [6.07, 6.45) is 0. The first-order valence-corrected chi connectivity index (χ1v) is 8.35. The van der Waals surface area contributed by atoms with Gasteiger partial charge in [-0.25, -0.2) is 8.42 Å². The number of nitrogens with zero attached hydrogens (tertiary/aromatic N) is 1. The van der Waals surface area contributed by atoms with Gasteiger partial charge in [-0.1, -0.05) is 13.8 Å². The fourth-order valence-corrected chi connectivity index (χ4v) is 3.90. The normalized spacial score (nSPS) is 25.2. The molecular formula is C12H24N2O4S. The third kappa shape index (κ3) is 5.08. The van der Waals surface area contributed by atoms with Crippen LogP contribution in [0.3, 0.4) is 0 Å². The molecule has 1 fully saturated rings. The van der Waals surface area contributed by atoms with Crippen molar-refractivity contribution in [2.45, 2.75) is 38.9 Å². The van der Waals surface area contributed by atoms with Crippen LogP contribution in [0.15, 0.2) is 0 Å². The fraction of sp³-hybridized carbons (Fsp3) is 0.917. The molecule has 0 amide bonds. The summed E-state index contributed by atoms with van der Waals surface area (Å²) in [5, 5.41) is 3.15. The molecule has 0 bridgehead atoms. The zero-order chi connectivity index (χ0) is 14.6. The quantitative estimate of drug-likeness (QED) is 0.698. The minimum Gasteiger partial charge on any atom is -0.468 e. The molecule has 0 radical (unpaired) electrons. The molecule has 19 heavy (non-hydrogen) atoms. The van der Waals surface area contributed by atoms with E-state index >= 15 is 0 Å². The molecule has 112 valence electrons. The first-order valence-electron chi connectivity index (χ1n) is 6.53. The van der Waals surface area contributed by atoms with Crippen molar-refractivity contribution in [3.63, 3.8) is 0 Å². The van der Waals surface area contributed by atoms with Crippen LogP contribution >= 0.6 is 0 Å². The van der Waals surface area contributed by atoms with Crippen LogP contribution in [0.4, 0.5) is 0 Å². The SMILES string of the molecule is COC(=O)C(CN1CCS(=O)(=O)CC1C)NC(C)C. The summed E-state index contributed by atoms with van der Waals surface area (Å²) in [7, 11) is -1.57. The smallest absolute Gasteiger partial charge is 0.324 e. The summed E-state index contributed by atoms with van der Waals surface area (Å²) in [6, 6.07) is -0.332.